The van der Waals surface area contributed by atoms with Crippen LogP contribution in [-0.2, 0) is 9.53 Å². The SMILES string of the molecule is CNC(C)(CC(C)N1CCCC(N(C)C)C1)C(=O)OC. The Hall–Kier alpha value is -0.650. The molecular formula is C15H31N3O2. The first-order valence-electron chi connectivity index (χ1n) is 7.52. The number of nitrogens with zero attached hydrogens (tertiary/aromatic N) is 2. The molecule has 5 nitrogen and oxygen atoms in total. The number of likely N-dealkylation sites (tertiary alicyclic amines) is 1. The summed E-state index contributed by atoms with van der Waals surface area (Å²) in [6.45, 7) is 6.32. The van der Waals surface area contributed by atoms with Crippen LogP contribution in [0, 0.1) is 0 Å². The Labute approximate surface area is 123 Å². The maximum Gasteiger partial charge on any atom is 0.325 e. The molecule has 1 aliphatic heterocycles. The summed E-state index contributed by atoms with van der Waals surface area (Å²) >= 11 is 0. The Morgan fingerprint density at radius 2 is 2.20 bits per heavy atom. The molecule has 118 valence electrons. The summed E-state index contributed by atoms with van der Waals surface area (Å²) in [6.07, 6.45) is 3.24. The minimum absolute atomic E-state index is 0.187. The molecule has 1 aliphatic rings. The first-order chi connectivity index (χ1) is 9.34. The van der Waals surface area contributed by atoms with Crippen LogP contribution in [0.2, 0.25) is 0 Å². The van der Waals surface area contributed by atoms with E-state index in [0.29, 0.717) is 12.1 Å². The van der Waals surface area contributed by atoms with E-state index in [1.807, 2.05) is 14.0 Å². The Morgan fingerprint density at radius 3 is 2.70 bits per heavy atom. The number of rotatable bonds is 6. The summed E-state index contributed by atoms with van der Waals surface area (Å²) in [4.78, 5) is 16.7. The first-order valence-corrected chi connectivity index (χ1v) is 7.52. The van der Waals surface area contributed by atoms with Crippen LogP contribution in [0.5, 0.6) is 0 Å². The number of hydrogen-bond donors (Lipinski definition) is 1. The van der Waals surface area contributed by atoms with Gasteiger partial charge in [-0.05, 0) is 60.8 Å². The van der Waals surface area contributed by atoms with Gasteiger partial charge in [0.1, 0.15) is 5.54 Å². The molecule has 0 aromatic heterocycles. The van der Waals surface area contributed by atoms with E-state index in [1.54, 1.807) is 0 Å². The molecule has 0 bridgehead atoms. The van der Waals surface area contributed by atoms with Crippen molar-refractivity contribution in [3.8, 4) is 0 Å². The van der Waals surface area contributed by atoms with E-state index in [9.17, 15) is 4.79 Å². The smallest absolute Gasteiger partial charge is 0.325 e. The number of ether oxygens (including phenoxy) is 1. The molecule has 5 heteroatoms. The van der Waals surface area contributed by atoms with Gasteiger partial charge in [-0.25, -0.2) is 0 Å². The highest BCUT2D eigenvalue weighted by atomic mass is 16.5. The van der Waals surface area contributed by atoms with E-state index in [2.05, 4.69) is 36.1 Å². The maximum atomic E-state index is 11.9. The van der Waals surface area contributed by atoms with E-state index >= 15 is 0 Å². The third kappa shape index (κ3) is 4.17. The highest BCUT2D eigenvalue weighted by Gasteiger charge is 2.36. The molecule has 0 aromatic rings. The second-order valence-corrected chi connectivity index (χ2v) is 6.38. The van der Waals surface area contributed by atoms with Crippen LogP contribution >= 0.6 is 0 Å². The summed E-state index contributed by atoms with van der Waals surface area (Å²) in [6, 6.07) is 0.972. The predicted octanol–water partition coefficient (Wildman–Crippen LogP) is 0.942. The maximum absolute atomic E-state index is 11.9. The van der Waals surface area contributed by atoms with Gasteiger partial charge in [-0.2, -0.15) is 0 Å². The minimum Gasteiger partial charge on any atom is -0.468 e. The highest BCUT2D eigenvalue weighted by Crippen LogP contribution is 2.22. The summed E-state index contributed by atoms with van der Waals surface area (Å²) < 4.78 is 4.93. The van der Waals surface area contributed by atoms with Crippen molar-refractivity contribution in [3.63, 3.8) is 0 Å². The molecule has 0 saturated carbocycles. The molecular weight excluding hydrogens is 254 g/mol. The van der Waals surface area contributed by atoms with Gasteiger partial charge in [-0.1, -0.05) is 0 Å². The summed E-state index contributed by atoms with van der Waals surface area (Å²) in [5, 5.41) is 3.12. The van der Waals surface area contributed by atoms with Gasteiger partial charge in [0.05, 0.1) is 7.11 Å². The molecule has 0 aromatic carbocycles. The topological polar surface area (TPSA) is 44.8 Å². The lowest BCUT2D eigenvalue weighted by atomic mass is 9.91. The van der Waals surface area contributed by atoms with Gasteiger partial charge in [-0.15, -0.1) is 0 Å². The molecule has 3 unspecified atom stereocenters. The average Bonchev–Trinajstić information content (AvgIpc) is 2.46. The zero-order valence-corrected chi connectivity index (χ0v) is 13.9. The van der Waals surface area contributed by atoms with Crippen molar-refractivity contribution < 1.29 is 9.53 Å². The average molecular weight is 285 g/mol. The van der Waals surface area contributed by atoms with Gasteiger partial charge in [0.15, 0.2) is 0 Å². The number of methoxy groups -OCH3 is 1. The quantitative estimate of drug-likeness (QED) is 0.736. The first kappa shape index (κ1) is 17.4. The Balaban J connectivity index is 2.65. The van der Waals surface area contributed by atoms with Gasteiger partial charge in [0.25, 0.3) is 0 Å². The number of likely N-dealkylation sites (N-methyl/N-ethyl adjacent to an activating group) is 2. The van der Waals surface area contributed by atoms with Crippen molar-refractivity contribution in [2.24, 2.45) is 0 Å². The highest BCUT2D eigenvalue weighted by molar-refractivity contribution is 5.80. The van der Waals surface area contributed by atoms with Gasteiger partial charge in [-0.3, -0.25) is 9.69 Å². The lowest BCUT2D eigenvalue weighted by molar-refractivity contribution is -0.148. The predicted molar refractivity (Wildman–Crippen MR) is 81.8 cm³/mol. The Bertz CT molecular complexity index is 322. The lowest BCUT2D eigenvalue weighted by Gasteiger charge is -2.41. The number of esters is 1. The fourth-order valence-corrected chi connectivity index (χ4v) is 3.04. The monoisotopic (exact) mass is 285 g/mol. The minimum atomic E-state index is -0.612. The van der Waals surface area contributed by atoms with Crippen molar-refractivity contribution in [1.82, 2.24) is 15.1 Å². The summed E-state index contributed by atoms with van der Waals surface area (Å²) in [5.41, 5.74) is -0.612. The zero-order chi connectivity index (χ0) is 15.3. The standard InChI is InChI=1S/C15H31N3O2/c1-12(10-15(2,16-3)14(19)20-6)18-9-7-8-13(11-18)17(4)5/h12-13,16H,7-11H2,1-6H3. The molecule has 20 heavy (non-hydrogen) atoms. The number of hydrogen-bond acceptors (Lipinski definition) is 5. The van der Waals surface area contributed by atoms with Gasteiger partial charge < -0.3 is 15.0 Å². The van der Waals surface area contributed by atoms with Gasteiger partial charge in [0, 0.05) is 18.6 Å². The number of nitrogens with one attached hydrogen (secondary N) is 1. The van der Waals surface area contributed by atoms with Crippen molar-refractivity contribution in [2.45, 2.75) is 50.7 Å². The van der Waals surface area contributed by atoms with E-state index < -0.39 is 5.54 Å². The van der Waals surface area contributed by atoms with Crippen LogP contribution in [0.15, 0.2) is 0 Å². The van der Waals surface area contributed by atoms with Gasteiger partial charge >= 0.3 is 5.97 Å². The molecule has 0 aliphatic carbocycles. The van der Waals surface area contributed by atoms with Crippen molar-refractivity contribution in [1.29, 1.82) is 0 Å². The van der Waals surface area contributed by atoms with E-state index in [1.165, 1.54) is 20.0 Å². The van der Waals surface area contributed by atoms with Crippen LogP contribution in [0.4, 0.5) is 0 Å². The molecule has 1 rings (SSSR count). The van der Waals surface area contributed by atoms with E-state index in [-0.39, 0.29) is 5.97 Å². The third-order valence-electron chi connectivity index (χ3n) is 4.67. The molecule has 0 amide bonds. The van der Waals surface area contributed by atoms with Crippen LogP contribution in [0.25, 0.3) is 0 Å². The molecule has 1 saturated heterocycles. The zero-order valence-electron chi connectivity index (χ0n) is 13.9. The summed E-state index contributed by atoms with van der Waals surface area (Å²) in [7, 11) is 7.56. The van der Waals surface area contributed by atoms with Crippen molar-refractivity contribution in [2.75, 3.05) is 41.3 Å². The third-order valence-corrected chi connectivity index (χ3v) is 4.67. The van der Waals surface area contributed by atoms with Crippen LogP contribution < -0.4 is 5.32 Å². The number of piperidine rings is 1. The molecule has 3 atom stereocenters. The number of carbonyl (C=O) groups is 1. The Kier molecular flexibility index (Phi) is 6.43. The molecule has 1 N–H and O–H groups in total. The van der Waals surface area contributed by atoms with Gasteiger partial charge in [0.2, 0.25) is 0 Å². The normalized spacial score (nSPS) is 25.2. The van der Waals surface area contributed by atoms with E-state index in [4.69, 9.17) is 4.74 Å². The van der Waals surface area contributed by atoms with Crippen LogP contribution in [0.1, 0.15) is 33.1 Å². The molecule has 0 spiro atoms. The largest absolute Gasteiger partial charge is 0.468 e. The second-order valence-electron chi connectivity index (χ2n) is 6.38. The fraction of sp³-hybridized carbons (Fsp3) is 0.933. The number of carbonyl (C=O) groups excluding carboxylic acids is 1. The second kappa shape index (κ2) is 7.38. The summed E-state index contributed by atoms with van der Waals surface area (Å²) in [5.74, 6) is -0.187. The molecule has 1 heterocycles. The van der Waals surface area contributed by atoms with Crippen LogP contribution in [0.3, 0.4) is 0 Å². The van der Waals surface area contributed by atoms with Crippen molar-refractivity contribution in [3.05, 3.63) is 0 Å². The van der Waals surface area contributed by atoms with Crippen LogP contribution in [-0.4, -0.2) is 74.7 Å². The van der Waals surface area contributed by atoms with Crippen molar-refractivity contribution >= 4 is 5.97 Å². The molecule has 1 fully saturated rings. The fourth-order valence-electron chi connectivity index (χ4n) is 3.04. The lowest BCUT2D eigenvalue weighted by Crippen LogP contribution is -2.55. The molecule has 0 radical (unpaired) electrons. The Morgan fingerprint density at radius 1 is 1.55 bits per heavy atom. The van der Waals surface area contributed by atoms with E-state index in [0.717, 1.165) is 19.5 Å².